The van der Waals surface area contributed by atoms with Crippen LogP contribution in [0.3, 0.4) is 0 Å². The van der Waals surface area contributed by atoms with Crippen molar-refractivity contribution in [1.82, 2.24) is 14.8 Å². The highest BCUT2D eigenvalue weighted by atomic mass is 32.2. The quantitative estimate of drug-likeness (QED) is 0.190. The van der Waals surface area contributed by atoms with Crippen LogP contribution in [0.15, 0.2) is 89.1 Å². The molecule has 1 aromatic heterocycles. The van der Waals surface area contributed by atoms with Gasteiger partial charge in [-0.3, -0.25) is 0 Å². The van der Waals surface area contributed by atoms with Crippen LogP contribution in [0, 0.1) is 0 Å². The zero-order valence-corrected chi connectivity index (χ0v) is 26.1. The van der Waals surface area contributed by atoms with Gasteiger partial charge in [0.05, 0.1) is 5.69 Å². The molecule has 1 atom stereocenters. The van der Waals surface area contributed by atoms with Crippen LogP contribution in [-0.4, -0.2) is 49.8 Å². The van der Waals surface area contributed by atoms with Crippen molar-refractivity contribution in [2.75, 3.05) is 10.7 Å². The zero-order chi connectivity index (χ0) is 32.1. The molecule has 0 radical (unpaired) electrons. The van der Waals surface area contributed by atoms with Gasteiger partial charge >= 0.3 is 12.4 Å². The van der Waals surface area contributed by atoms with E-state index in [9.17, 15) is 18.0 Å². The zero-order valence-electron chi connectivity index (χ0n) is 25.3. The average Bonchev–Trinajstić information content (AvgIpc) is 3.47. The number of amidine groups is 1. The number of urea groups is 1. The number of nitrogens with zero attached hydrogens (tertiary/aromatic N) is 6. The Morgan fingerprint density at radius 3 is 2.47 bits per heavy atom. The van der Waals surface area contributed by atoms with E-state index in [1.807, 2.05) is 43.3 Å². The number of hydrogen-bond donors (Lipinski definition) is 0. The van der Waals surface area contributed by atoms with Crippen molar-refractivity contribution >= 4 is 34.4 Å². The van der Waals surface area contributed by atoms with Gasteiger partial charge in [0.2, 0.25) is 0 Å². The van der Waals surface area contributed by atoms with Gasteiger partial charge in [0.1, 0.15) is 12.1 Å². The molecular weight excluding hydrogens is 601 g/mol. The summed E-state index contributed by atoms with van der Waals surface area (Å²) in [5.74, 6) is 1.36. The first kappa shape index (κ1) is 32.0. The molecular formula is C33H33F3N6O2S. The van der Waals surface area contributed by atoms with Crippen molar-refractivity contribution in [2.24, 2.45) is 9.98 Å². The van der Waals surface area contributed by atoms with Crippen LogP contribution in [0.4, 0.5) is 23.7 Å². The fraction of sp³-hybridized carbons (Fsp3) is 0.303. The standard InChI is InChI=1S/C33H33F3N6O2S/c1-21(2)28-7-5-6-8-29(28)42-23(4)17-18-45-32(42)39-31(43)38-22(3)19-24-9-11-25(12-10-24)30-37-20-41(40-30)26-13-15-27(16-14-26)44-33(34,35)36/h5-16,20-21,23H,17-19H2,1-4H3. The van der Waals surface area contributed by atoms with E-state index < -0.39 is 12.4 Å². The Labute approximate surface area is 264 Å². The highest BCUT2D eigenvalue weighted by Gasteiger charge is 2.31. The second-order valence-corrected chi connectivity index (χ2v) is 12.1. The van der Waals surface area contributed by atoms with Gasteiger partial charge in [0, 0.05) is 35.2 Å². The van der Waals surface area contributed by atoms with E-state index >= 15 is 0 Å². The monoisotopic (exact) mass is 634 g/mol. The molecule has 0 N–H and O–H groups in total. The summed E-state index contributed by atoms with van der Waals surface area (Å²) >= 11 is 1.58. The van der Waals surface area contributed by atoms with Crippen molar-refractivity contribution < 1.29 is 22.7 Å². The van der Waals surface area contributed by atoms with E-state index in [0.717, 1.165) is 29.0 Å². The number of anilines is 1. The summed E-state index contributed by atoms with van der Waals surface area (Å²) in [5.41, 5.74) is 5.18. The molecule has 4 aromatic rings. The SMILES string of the molecule is CC(Cc1ccc(-c2ncn(-c3ccc(OC(F)(F)F)cc3)n2)cc1)=NC(=O)N=C1SCCC(C)N1c1ccccc1C(C)C. The van der Waals surface area contributed by atoms with Gasteiger partial charge in [0.15, 0.2) is 11.0 Å². The lowest BCUT2D eigenvalue weighted by Crippen LogP contribution is -2.42. The van der Waals surface area contributed by atoms with Crippen LogP contribution in [0.25, 0.3) is 17.1 Å². The molecule has 45 heavy (non-hydrogen) atoms. The molecule has 8 nitrogen and oxygen atoms in total. The molecule has 0 bridgehead atoms. The number of ether oxygens (including phenoxy) is 1. The van der Waals surface area contributed by atoms with Crippen molar-refractivity contribution in [3.63, 3.8) is 0 Å². The van der Waals surface area contributed by atoms with Crippen LogP contribution in [-0.2, 0) is 6.42 Å². The maximum atomic E-state index is 13.0. The third kappa shape index (κ3) is 8.18. The lowest BCUT2D eigenvalue weighted by molar-refractivity contribution is -0.274. The Morgan fingerprint density at radius 2 is 1.78 bits per heavy atom. The first-order valence-corrected chi connectivity index (χ1v) is 15.5. The smallest absolute Gasteiger partial charge is 0.406 e. The Morgan fingerprint density at radius 1 is 1.07 bits per heavy atom. The summed E-state index contributed by atoms with van der Waals surface area (Å²) < 4.78 is 42.7. The minimum atomic E-state index is -4.75. The second-order valence-electron chi connectivity index (χ2n) is 11.0. The number of halogens is 3. The summed E-state index contributed by atoms with van der Waals surface area (Å²) in [7, 11) is 0. The fourth-order valence-electron chi connectivity index (χ4n) is 5.03. The van der Waals surface area contributed by atoms with Gasteiger partial charge in [-0.15, -0.1) is 18.3 Å². The summed E-state index contributed by atoms with van der Waals surface area (Å²) in [4.78, 5) is 28.2. The first-order chi connectivity index (χ1) is 21.5. The van der Waals surface area contributed by atoms with E-state index in [1.54, 1.807) is 11.8 Å². The van der Waals surface area contributed by atoms with E-state index in [-0.39, 0.29) is 11.8 Å². The maximum absolute atomic E-state index is 13.0. The molecule has 1 fully saturated rings. The maximum Gasteiger partial charge on any atom is 0.573 e. The Balaban J connectivity index is 1.25. The molecule has 0 aliphatic carbocycles. The molecule has 0 spiro atoms. The van der Waals surface area contributed by atoms with Crippen molar-refractivity contribution in [2.45, 2.75) is 58.9 Å². The molecule has 1 aliphatic rings. The number of carbonyl (C=O) groups is 1. The van der Waals surface area contributed by atoms with Gasteiger partial charge in [-0.2, -0.15) is 4.99 Å². The number of aliphatic imine (C=N–C) groups is 2. The molecule has 1 unspecified atom stereocenters. The number of alkyl halides is 3. The van der Waals surface area contributed by atoms with Crippen LogP contribution in [0.2, 0.25) is 0 Å². The summed E-state index contributed by atoms with van der Waals surface area (Å²) in [6.07, 6.45) is -1.81. The highest BCUT2D eigenvalue weighted by molar-refractivity contribution is 8.14. The van der Waals surface area contributed by atoms with Crippen LogP contribution < -0.4 is 9.64 Å². The van der Waals surface area contributed by atoms with Crippen molar-refractivity contribution in [1.29, 1.82) is 0 Å². The number of benzene rings is 3. The van der Waals surface area contributed by atoms with Gasteiger partial charge in [-0.1, -0.05) is 68.1 Å². The molecule has 2 heterocycles. The number of amides is 2. The summed E-state index contributed by atoms with van der Waals surface area (Å²) in [6.45, 7) is 8.29. The number of hydrogen-bond acceptors (Lipinski definition) is 5. The van der Waals surface area contributed by atoms with Gasteiger partial charge < -0.3 is 9.64 Å². The average molecular weight is 635 g/mol. The topological polar surface area (TPSA) is 85.0 Å². The van der Waals surface area contributed by atoms with E-state index in [1.165, 1.54) is 40.8 Å². The van der Waals surface area contributed by atoms with Crippen LogP contribution in [0.1, 0.15) is 51.2 Å². The molecule has 3 aromatic carbocycles. The van der Waals surface area contributed by atoms with Gasteiger partial charge in [-0.05, 0) is 67.6 Å². The van der Waals surface area contributed by atoms with E-state index in [4.69, 9.17) is 0 Å². The number of para-hydroxylation sites is 1. The Kier molecular flexibility index (Phi) is 9.71. The Hall–Kier alpha value is -4.45. The molecule has 5 rings (SSSR count). The summed E-state index contributed by atoms with van der Waals surface area (Å²) in [5, 5.41) is 5.11. The highest BCUT2D eigenvalue weighted by Crippen LogP contribution is 2.35. The van der Waals surface area contributed by atoms with Crippen molar-refractivity contribution in [3.8, 4) is 22.8 Å². The van der Waals surface area contributed by atoms with Gasteiger partial charge in [0.25, 0.3) is 0 Å². The van der Waals surface area contributed by atoms with E-state index in [2.05, 4.69) is 62.6 Å². The molecule has 0 saturated carbocycles. The molecule has 2 amide bonds. The normalized spacial score (nSPS) is 16.8. The third-order valence-corrected chi connectivity index (χ3v) is 8.19. The van der Waals surface area contributed by atoms with Crippen LogP contribution >= 0.6 is 11.8 Å². The first-order valence-electron chi connectivity index (χ1n) is 14.5. The van der Waals surface area contributed by atoms with E-state index in [0.29, 0.717) is 34.7 Å². The van der Waals surface area contributed by atoms with Gasteiger partial charge in [-0.25, -0.2) is 19.5 Å². The minimum Gasteiger partial charge on any atom is -0.406 e. The third-order valence-electron chi connectivity index (χ3n) is 7.21. The van der Waals surface area contributed by atoms with Crippen molar-refractivity contribution in [3.05, 3.63) is 90.3 Å². The Bertz CT molecular complexity index is 1700. The number of aromatic nitrogens is 3. The molecule has 1 aliphatic heterocycles. The lowest BCUT2D eigenvalue weighted by Gasteiger charge is -2.37. The summed E-state index contributed by atoms with van der Waals surface area (Å²) in [6, 6.07) is 20.9. The molecule has 234 valence electrons. The number of thioether (sulfide) groups is 1. The number of carbonyl (C=O) groups excluding carboxylic acids is 1. The van der Waals surface area contributed by atoms with Crippen LogP contribution in [0.5, 0.6) is 5.75 Å². The predicted octanol–water partition coefficient (Wildman–Crippen LogP) is 8.47. The largest absolute Gasteiger partial charge is 0.573 e. The number of rotatable bonds is 7. The second kappa shape index (κ2) is 13.7. The minimum absolute atomic E-state index is 0.209. The lowest BCUT2D eigenvalue weighted by atomic mass is 9.99. The molecule has 1 saturated heterocycles. The fourth-order valence-corrected chi connectivity index (χ4v) is 6.23. The molecule has 12 heteroatoms. The predicted molar refractivity (Wildman–Crippen MR) is 173 cm³/mol.